The van der Waals surface area contributed by atoms with Gasteiger partial charge in [-0.05, 0) is 47.9 Å². The molecule has 0 aliphatic heterocycles. The largest absolute Gasteiger partial charge is 0.354 e. The summed E-state index contributed by atoms with van der Waals surface area (Å²) in [5, 5.41) is 3.28. The molecule has 0 bridgehead atoms. The lowest BCUT2D eigenvalue weighted by atomic mass is 10.0. The maximum Gasteiger partial charge on any atom is 0.244 e. The van der Waals surface area contributed by atoms with E-state index >= 15 is 0 Å². The quantitative estimate of drug-likeness (QED) is 0.228. The van der Waals surface area contributed by atoms with Crippen LogP contribution >= 0.6 is 34.8 Å². The van der Waals surface area contributed by atoms with Crippen LogP contribution in [-0.4, -0.2) is 50.5 Å². The fourth-order valence-corrected chi connectivity index (χ4v) is 5.63. The van der Waals surface area contributed by atoms with Crippen molar-refractivity contribution >= 4 is 62.3 Å². The molecule has 220 valence electrons. The summed E-state index contributed by atoms with van der Waals surface area (Å²) in [4.78, 5) is 28.9. The second-order valence-electron chi connectivity index (χ2n) is 9.48. The molecule has 0 aromatic heterocycles. The fourth-order valence-electron chi connectivity index (χ4n) is 4.15. The Morgan fingerprint density at radius 3 is 2.29 bits per heavy atom. The van der Waals surface area contributed by atoms with E-state index in [4.69, 9.17) is 34.8 Å². The van der Waals surface area contributed by atoms with Crippen molar-refractivity contribution in [3.63, 3.8) is 0 Å². The molecule has 0 heterocycles. The average Bonchev–Trinajstić information content (AvgIpc) is 2.92. The maximum atomic E-state index is 14.0. The lowest BCUT2D eigenvalue weighted by molar-refractivity contribution is -0.140. The predicted octanol–water partition coefficient (Wildman–Crippen LogP) is 6.11. The van der Waals surface area contributed by atoms with Crippen LogP contribution in [0.3, 0.4) is 0 Å². The summed E-state index contributed by atoms with van der Waals surface area (Å²) in [6, 6.07) is 16.3. The molecular weight excluding hydrogens is 612 g/mol. The lowest BCUT2D eigenvalue weighted by Crippen LogP contribution is -2.53. The van der Waals surface area contributed by atoms with Crippen LogP contribution in [0.1, 0.15) is 30.9 Å². The van der Waals surface area contributed by atoms with Crippen LogP contribution < -0.4 is 9.62 Å². The van der Waals surface area contributed by atoms with Gasteiger partial charge >= 0.3 is 0 Å². The number of sulfonamides is 1. The Bertz CT molecular complexity index is 1480. The molecule has 1 atom stereocenters. The topological polar surface area (TPSA) is 86.8 Å². The van der Waals surface area contributed by atoms with Crippen LogP contribution in [0.2, 0.25) is 15.1 Å². The highest BCUT2D eigenvalue weighted by Gasteiger charge is 2.33. The van der Waals surface area contributed by atoms with E-state index in [0.717, 1.165) is 41.1 Å². The summed E-state index contributed by atoms with van der Waals surface area (Å²) in [5.74, 6) is -1.80. The van der Waals surface area contributed by atoms with Crippen molar-refractivity contribution in [2.45, 2.75) is 38.8 Å². The van der Waals surface area contributed by atoms with Gasteiger partial charge in [-0.3, -0.25) is 13.9 Å². The number of anilines is 1. The van der Waals surface area contributed by atoms with Crippen molar-refractivity contribution in [2.75, 3.05) is 23.7 Å². The molecule has 1 N–H and O–H groups in total. The van der Waals surface area contributed by atoms with Crippen LogP contribution in [0.15, 0.2) is 66.7 Å². The maximum absolute atomic E-state index is 14.0. The van der Waals surface area contributed by atoms with Crippen LogP contribution in [0.25, 0.3) is 0 Å². The van der Waals surface area contributed by atoms with Gasteiger partial charge in [0.2, 0.25) is 21.8 Å². The van der Waals surface area contributed by atoms with Gasteiger partial charge in [-0.25, -0.2) is 12.8 Å². The molecule has 3 aromatic carbocycles. The molecule has 2 amide bonds. The van der Waals surface area contributed by atoms with Crippen molar-refractivity contribution in [1.82, 2.24) is 10.2 Å². The number of nitrogens with zero attached hydrogens (tertiary/aromatic N) is 2. The first-order valence-corrected chi connectivity index (χ1v) is 15.9. The molecule has 0 spiro atoms. The van der Waals surface area contributed by atoms with Gasteiger partial charge in [0, 0.05) is 29.6 Å². The van der Waals surface area contributed by atoms with Crippen molar-refractivity contribution in [1.29, 1.82) is 0 Å². The number of unbranched alkanes of at least 4 members (excludes halogenated alkanes) is 1. The third-order valence-corrected chi connectivity index (χ3v) is 8.34. The van der Waals surface area contributed by atoms with E-state index in [1.165, 1.54) is 17.0 Å². The molecule has 0 fully saturated rings. The van der Waals surface area contributed by atoms with Gasteiger partial charge in [0.05, 0.1) is 17.0 Å². The minimum absolute atomic E-state index is 0.00346. The van der Waals surface area contributed by atoms with Crippen LogP contribution in [-0.2, 0) is 32.6 Å². The van der Waals surface area contributed by atoms with E-state index in [1.54, 1.807) is 12.1 Å². The Hall–Kier alpha value is -2.85. The number of nitrogens with one attached hydrogen (secondary N) is 1. The molecule has 12 heteroatoms. The highest BCUT2D eigenvalue weighted by Crippen LogP contribution is 2.27. The standard InChI is InChI=1S/C29H31Cl3FN3O4S/c1-3-4-14-34-29(38)27(15-20-8-6-5-7-9-20)35(18-21-10-11-22(30)16-24(21)31)28(37)19-36(41(2,39)40)23-12-13-26(33)25(32)17-23/h5-13,16-17,27H,3-4,14-15,18-19H2,1-2H3,(H,34,38). The Morgan fingerprint density at radius 2 is 1.68 bits per heavy atom. The molecule has 3 rings (SSSR count). The minimum atomic E-state index is -4.02. The van der Waals surface area contributed by atoms with E-state index in [0.29, 0.717) is 17.1 Å². The second-order valence-corrected chi connectivity index (χ2v) is 12.6. The van der Waals surface area contributed by atoms with E-state index < -0.39 is 40.2 Å². The summed E-state index contributed by atoms with van der Waals surface area (Å²) >= 11 is 18.4. The zero-order valence-electron chi connectivity index (χ0n) is 22.6. The number of benzene rings is 3. The van der Waals surface area contributed by atoms with Gasteiger partial charge in [0.15, 0.2) is 0 Å². The number of hydrogen-bond donors (Lipinski definition) is 1. The first-order valence-electron chi connectivity index (χ1n) is 12.9. The first-order chi connectivity index (χ1) is 19.4. The van der Waals surface area contributed by atoms with E-state index in [2.05, 4.69) is 5.32 Å². The third-order valence-electron chi connectivity index (χ3n) is 6.33. The molecule has 0 aliphatic rings. The van der Waals surface area contributed by atoms with Crippen LogP contribution in [0.5, 0.6) is 0 Å². The van der Waals surface area contributed by atoms with E-state index in [9.17, 15) is 22.4 Å². The Labute approximate surface area is 255 Å². The molecule has 41 heavy (non-hydrogen) atoms. The van der Waals surface area contributed by atoms with Gasteiger partial charge in [0.25, 0.3) is 0 Å². The smallest absolute Gasteiger partial charge is 0.244 e. The number of rotatable bonds is 13. The number of hydrogen-bond acceptors (Lipinski definition) is 4. The normalized spacial score (nSPS) is 12.0. The number of carbonyl (C=O) groups is 2. The SMILES string of the molecule is CCCCNC(=O)C(Cc1ccccc1)N(Cc1ccc(Cl)cc1Cl)C(=O)CN(c1ccc(F)c(Cl)c1)S(C)(=O)=O. The van der Waals surface area contributed by atoms with Crippen molar-refractivity contribution in [2.24, 2.45) is 0 Å². The second kappa shape index (κ2) is 14.9. The summed E-state index contributed by atoms with van der Waals surface area (Å²) in [6.45, 7) is 1.64. The minimum Gasteiger partial charge on any atom is -0.354 e. The van der Waals surface area contributed by atoms with Gasteiger partial charge in [-0.15, -0.1) is 0 Å². The van der Waals surface area contributed by atoms with Crippen molar-refractivity contribution in [3.8, 4) is 0 Å². The fraction of sp³-hybridized carbons (Fsp3) is 0.310. The number of halogens is 4. The molecule has 0 aliphatic carbocycles. The van der Waals surface area contributed by atoms with Crippen LogP contribution in [0.4, 0.5) is 10.1 Å². The molecule has 3 aromatic rings. The molecule has 0 radical (unpaired) electrons. The molecule has 0 saturated carbocycles. The predicted molar refractivity (Wildman–Crippen MR) is 162 cm³/mol. The average molecular weight is 643 g/mol. The van der Waals surface area contributed by atoms with Gasteiger partial charge in [-0.1, -0.05) is 84.5 Å². The van der Waals surface area contributed by atoms with Gasteiger partial charge in [0.1, 0.15) is 18.4 Å². The monoisotopic (exact) mass is 641 g/mol. The highest BCUT2D eigenvalue weighted by molar-refractivity contribution is 7.92. The van der Waals surface area contributed by atoms with Crippen molar-refractivity contribution < 1.29 is 22.4 Å². The zero-order chi connectivity index (χ0) is 30.2. The Kier molecular flexibility index (Phi) is 11.8. The first kappa shape index (κ1) is 32.7. The number of amides is 2. The van der Waals surface area contributed by atoms with Crippen LogP contribution in [0, 0.1) is 5.82 Å². The lowest BCUT2D eigenvalue weighted by Gasteiger charge is -2.33. The van der Waals surface area contributed by atoms with Gasteiger partial charge < -0.3 is 10.2 Å². The molecule has 7 nitrogen and oxygen atoms in total. The van der Waals surface area contributed by atoms with E-state index in [-0.39, 0.29) is 28.7 Å². The van der Waals surface area contributed by atoms with Crippen molar-refractivity contribution in [3.05, 3.63) is 98.7 Å². The third kappa shape index (κ3) is 9.33. The summed E-state index contributed by atoms with van der Waals surface area (Å²) in [6.07, 6.45) is 2.69. The summed E-state index contributed by atoms with van der Waals surface area (Å²) < 4.78 is 40.3. The summed E-state index contributed by atoms with van der Waals surface area (Å²) in [7, 11) is -4.02. The van der Waals surface area contributed by atoms with Gasteiger partial charge in [-0.2, -0.15) is 0 Å². The molecule has 1 unspecified atom stereocenters. The highest BCUT2D eigenvalue weighted by atomic mass is 35.5. The Morgan fingerprint density at radius 1 is 0.976 bits per heavy atom. The van der Waals surface area contributed by atoms with E-state index in [1.807, 2.05) is 37.3 Å². The summed E-state index contributed by atoms with van der Waals surface area (Å²) in [5.41, 5.74) is 1.32. The molecular formula is C29H31Cl3FN3O4S. The molecule has 0 saturated heterocycles. The number of carbonyl (C=O) groups excluding carboxylic acids is 2. The zero-order valence-corrected chi connectivity index (χ0v) is 25.7. The Balaban J connectivity index is 2.07.